The van der Waals surface area contributed by atoms with Crippen LogP contribution in [-0.2, 0) is 0 Å². The van der Waals surface area contributed by atoms with Gasteiger partial charge in [0, 0.05) is 27.3 Å². The van der Waals surface area contributed by atoms with Crippen LogP contribution in [0.1, 0.15) is 0 Å². The smallest absolute Gasteiger partial charge is 0.238 e. The van der Waals surface area contributed by atoms with Gasteiger partial charge in [-0.25, -0.2) is 4.98 Å². The molecule has 0 bridgehead atoms. The summed E-state index contributed by atoms with van der Waals surface area (Å²) in [5.41, 5.74) is 4.08. The Kier molecular flexibility index (Phi) is 5.54. The standard InChI is InChI=1S/C43H26N4/c1-2-14-29(15-3-1)41-44-42(38-26-37-30-16-6-4-12-27(30)22-24-34(37)32-18-8-9-19-33(32)38)46-43(45-41)47-39-21-11-10-20-35(39)36-25-23-28-13-5-7-17-31(28)40(36)47/h1-26H. The molecule has 0 amide bonds. The molecule has 10 rings (SSSR count). The van der Waals surface area contributed by atoms with E-state index in [2.05, 4.69) is 144 Å². The molecule has 0 saturated carbocycles. The molecule has 0 aliphatic heterocycles. The Labute approximate surface area is 270 Å². The summed E-state index contributed by atoms with van der Waals surface area (Å²) in [4.78, 5) is 15.8. The first-order chi connectivity index (χ1) is 23.3. The van der Waals surface area contributed by atoms with Gasteiger partial charge in [-0.05, 0) is 49.8 Å². The fraction of sp³-hybridized carbons (Fsp3) is 0. The maximum absolute atomic E-state index is 5.36. The normalized spacial score (nSPS) is 11.8. The van der Waals surface area contributed by atoms with E-state index in [1.165, 1.54) is 43.1 Å². The largest absolute Gasteiger partial charge is 0.277 e. The number of hydrogen-bond acceptors (Lipinski definition) is 3. The van der Waals surface area contributed by atoms with Gasteiger partial charge in [0.25, 0.3) is 0 Å². The summed E-state index contributed by atoms with van der Waals surface area (Å²) in [6.07, 6.45) is 0. The van der Waals surface area contributed by atoms with E-state index in [9.17, 15) is 0 Å². The predicted molar refractivity (Wildman–Crippen MR) is 195 cm³/mol. The Morgan fingerprint density at radius 3 is 1.74 bits per heavy atom. The summed E-state index contributed by atoms with van der Waals surface area (Å²) in [7, 11) is 0. The lowest BCUT2D eigenvalue weighted by Gasteiger charge is -2.15. The summed E-state index contributed by atoms with van der Waals surface area (Å²) in [5, 5.41) is 11.8. The van der Waals surface area contributed by atoms with Crippen molar-refractivity contribution in [3.05, 3.63) is 158 Å². The number of para-hydroxylation sites is 1. The zero-order valence-corrected chi connectivity index (χ0v) is 25.3. The van der Waals surface area contributed by atoms with Gasteiger partial charge in [-0.3, -0.25) is 4.57 Å². The molecule has 2 aromatic heterocycles. The molecular formula is C43H26N4. The van der Waals surface area contributed by atoms with E-state index in [0.29, 0.717) is 17.6 Å². The molecule has 0 aliphatic carbocycles. The lowest BCUT2D eigenvalue weighted by molar-refractivity contribution is 0.956. The molecule has 0 unspecified atom stereocenters. The van der Waals surface area contributed by atoms with Gasteiger partial charge in [0.15, 0.2) is 11.6 Å². The highest BCUT2D eigenvalue weighted by Gasteiger charge is 2.21. The van der Waals surface area contributed by atoms with E-state index in [-0.39, 0.29) is 0 Å². The fourth-order valence-corrected chi connectivity index (χ4v) is 7.29. The minimum Gasteiger partial charge on any atom is -0.277 e. The van der Waals surface area contributed by atoms with E-state index in [1.54, 1.807) is 0 Å². The monoisotopic (exact) mass is 598 g/mol. The van der Waals surface area contributed by atoms with Crippen LogP contribution in [-0.4, -0.2) is 19.5 Å². The molecule has 0 atom stereocenters. The highest BCUT2D eigenvalue weighted by molar-refractivity contribution is 6.21. The van der Waals surface area contributed by atoms with Crippen molar-refractivity contribution in [3.63, 3.8) is 0 Å². The summed E-state index contributed by atoms with van der Waals surface area (Å²) >= 11 is 0. The van der Waals surface area contributed by atoms with Gasteiger partial charge in [0.1, 0.15) is 0 Å². The topological polar surface area (TPSA) is 43.6 Å². The van der Waals surface area contributed by atoms with Gasteiger partial charge < -0.3 is 0 Å². The van der Waals surface area contributed by atoms with Gasteiger partial charge in [0.05, 0.1) is 11.0 Å². The maximum Gasteiger partial charge on any atom is 0.238 e. The highest BCUT2D eigenvalue weighted by atomic mass is 15.2. The van der Waals surface area contributed by atoms with Gasteiger partial charge in [-0.15, -0.1) is 0 Å². The van der Waals surface area contributed by atoms with Crippen molar-refractivity contribution < 1.29 is 0 Å². The van der Waals surface area contributed by atoms with Crippen molar-refractivity contribution in [1.29, 1.82) is 0 Å². The number of nitrogens with zero attached hydrogens (tertiary/aromatic N) is 4. The Morgan fingerprint density at radius 1 is 0.362 bits per heavy atom. The summed E-state index contributed by atoms with van der Waals surface area (Å²) < 4.78 is 2.23. The molecule has 0 radical (unpaired) electrons. The van der Waals surface area contributed by atoms with Crippen molar-refractivity contribution in [1.82, 2.24) is 19.5 Å². The molecule has 8 aromatic carbocycles. The second-order valence-corrected chi connectivity index (χ2v) is 12.0. The second-order valence-electron chi connectivity index (χ2n) is 12.0. The van der Waals surface area contributed by atoms with Gasteiger partial charge in [0.2, 0.25) is 5.95 Å². The van der Waals surface area contributed by atoms with Gasteiger partial charge in [-0.1, -0.05) is 146 Å². The van der Waals surface area contributed by atoms with Crippen LogP contribution in [0, 0.1) is 0 Å². The van der Waals surface area contributed by atoms with Gasteiger partial charge in [-0.2, -0.15) is 9.97 Å². The third-order valence-corrected chi connectivity index (χ3v) is 9.42. The lowest BCUT2D eigenvalue weighted by Crippen LogP contribution is -2.07. The number of aromatic nitrogens is 4. The maximum atomic E-state index is 5.36. The van der Waals surface area contributed by atoms with Crippen molar-refractivity contribution in [2.24, 2.45) is 0 Å². The average Bonchev–Trinajstić information content (AvgIpc) is 3.49. The molecule has 0 aliphatic rings. The van der Waals surface area contributed by atoms with Crippen molar-refractivity contribution in [2.75, 3.05) is 0 Å². The predicted octanol–water partition coefficient (Wildman–Crippen LogP) is 10.9. The van der Waals surface area contributed by atoms with Crippen LogP contribution in [0.4, 0.5) is 0 Å². The molecule has 0 fully saturated rings. The van der Waals surface area contributed by atoms with Crippen LogP contribution in [0.2, 0.25) is 0 Å². The van der Waals surface area contributed by atoms with Crippen molar-refractivity contribution in [3.8, 4) is 28.7 Å². The van der Waals surface area contributed by atoms with E-state index in [1.807, 2.05) is 18.2 Å². The first kappa shape index (κ1) is 25.9. The molecule has 47 heavy (non-hydrogen) atoms. The second kappa shape index (κ2) is 10.1. The Balaban J connectivity index is 1.36. The lowest BCUT2D eigenvalue weighted by atomic mass is 9.93. The minimum absolute atomic E-state index is 0.596. The Bertz CT molecular complexity index is 2850. The van der Waals surface area contributed by atoms with E-state index in [0.717, 1.165) is 32.9 Å². The van der Waals surface area contributed by atoms with Crippen LogP contribution in [0.3, 0.4) is 0 Å². The Morgan fingerprint density at radius 2 is 0.936 bits per heavy atom. The van der Waals surface area contributed by atoms with E-state index < -0.39 is 0 Å². The average molecular weight is 599 g/mol. The highest BCUT2D eigenvalue weighted by Crippen LogP contribution is 2.39. The first-order valence-corrected chi connectivity index (χ1v) is 15.9. The van der Waals surface area contributed by atoms with Crippen LogP contribution in [0.25, 0.3) is 93.6 Å². The number of rotatable bonds is 3. The molecule has 0 spiro atoms. The zero-order chi connectivity index (χ0) is 30.9. The van der Waals surface area contributed by atoms with Crippen molar-refractivity contribution >= 4 is 64.9 Å². The Hall–Kier alpha value is -6.39. The van der Waals surface area contributed by atoms with Crippen molar-refractivity contribution in [2.45, 2.75) is 0 Å². The number of hydrogen-bond donors (Lipinski definition) is 0. The summed E-state index contributed by atoms with van der Waals surface area (Å²) in [5.74, 6) is 1.88. The minimum atomic E-state index is 0.596. The fourth-order valence-electron chi connectivity index (χ4n) is 7.29. The molecule has 0 N–H and O–H groups in total. The molecule has 2 heterocycles. The third-order valence-electron chi connectivity index (χ3n) is 9.42. The summed E-state index contributed by atoms with van der Waals surface area (Å²) in [6.45, 7) is 0. The molecule has 0 saturated heterocycles. The molecule has 4 nitrogen and oxygen atoms in total. The molecule has 10 aromatic rings. The van der Waals surface area contributed by atoms with E-state index >= 15 is 0 Å². The third kappa shape index (κ3) is 3.92. The summed E-state index contributed by atoms with van der Waals surface area (Å²) in [6, 6.07) is 55.6. The van der Waals surface area contributed by atoms with Crippen LogP contribution >= 0.6 is 0 Å². The molecule has 218 valence electrons. The zero-order valence-electron chi connectivity index (χ0n) is 25.3. The van der Waals surface area contributed by atoms with E-state index in [4.69, 9.17) is 15.0 Å². The van der Waals surface area contributed by atoms with Crippen LogP contribution in [0.15, 0.2) is 158 Å². The quantitative estimate of drug-likeness (QED) is 0.190. The van der Waals surface area contributed by atoms with Crippen LogP contribution in [0.5, 0.6) is 0 Å². The van der Waals surface area contributed by atoms with Crippen LogP contribution < -0.4 is 0 Å². The molecular weight excluding hydrogens is 573 g/mol. The molecule has 4 heteroatoms. The number of fused-ring (bicyclic) bond motifs is 10. The van der Waals surface area contributed by atoms with Gasteiger partial charge >= 0.3 is 0 Å². The first-order valence-electron chi connectivity index (χ1n) is 15.9. The SMILES string of the molecule is c1ccc(-c2nc(-c3cc4c5ccccc5ccc4c4ccccc34)nc(-n3c4ccccc4c4ccc5ccccc5c43)n2)cc1. The number of benzene rings is 8.